The summed E-state index contributed by atoms with van der Waals surface area (Å²) in [7, 11) is 0. The molecule has 33 heavy (non-hydrogen) atoms. The Bertz CT molecular complexity index is 1470. The highest BCUT2D eigenvalue weighted by molar-refractivity contribution is 6.05. The molecule has 0 saturated carbocycles. The van der Waals surface area contributed by atoms with Gasteiger partial charge in [-0.2, -0.15) is 13.2 Å². The fraction of sp³-hybridized carbons (Fsp3) is 0.0833. The first kappa shape index (κ1) is 20.6. The lowest BCUT2D eigenvalue weighted by Crippen LogP contribution is -2.20. The van der Waals surface area contributed by atoms with E-state index in [1.165, 1.54) is 12.1 Å². The summed E-state index contributed by atoms with van der Waals surface area (Å²) in [5.41, 5.74) is 2.59. The van der Waals surface area contributed by atoms with Crippen LogP contribution in [0.1, 0.15) is 11.1 Å². The lowest BCUT2D eigenvalue weighted by Gasteiger charge is -2.12. The molecule has 3 heterocycles. The second-order valence-electron chi connectivity index (χ2n) is 7.55. The first-order chi connectivity index (χ1) is 15.9. The number of nitrogens with one attached hydrogen (secondary N) is 3. The molecule has 5 rings (SSSR count). The molecule has 0 aliphatic carbocycles. The first-order valence-corrected chi connectivity index (χ1v) is 10.1. The van der Waals surface area contributed by atoms with Gasteiger partial charge >= 0.3 is 12.2 Å². The maximum atomic E-state index is 12.9. The highest BCUT2D eigenvalue weighted by Crippen LogP contribution is 2.31. The van der Waals surface area contributed by atoms with Crippen LogP contribution in [-0.4, -0.2) is 20.6 Å². The number of halogens is 3. The molecule has 0 bridgehead atoms. The van der Waals surface area contributed by atoms with Crippen molar-refractivity contribution in [3.8, 4) is 0 Å². The molecular weight excluding hydrogens is 431 g/mol. The van der Waals surface area contributed by atoms with Crippen molar-refractivity contribution >= 4 is 39.3 Å². The molecule has 3 N–H and O–H groups in total. The van der Waals surface area contributed by atoms with Gasteiger partial charge in [0, 0.05) is 41.6 Å². The minimum atomic E-state index is -4.48. The van der Waals surface area contributed by atoms with Gasteiger partial charge in [0.15, 0.2) is 0 Å². The summed E-state index contributed by atoms with van der Waals surface area (Å²) in [6.45, 7) is 0.606. The van der Waals surface area contributed by atoms with Crippen molar-refractivity contribution in [2.45, 2.75) is 12.7 Å². The minimum Gasteiger partial charge on any atom is -0.346 e. The zero-order chi connectivity index (χ0) is 23.0. The van der Waals surface area contributed by atoms with Crippen LogP contribution in [0.2, 0.25) is 0 Å². The molecule has 2 aromatic carbocycles. The number of aromatic nitrogens is 3. The molecule has 2 amide bonds. The van der Waals surface area contributed by atoms with Crippen molar-refractivity contribution in [1.29, 1.82) is 0 Å². The van der Waals surface area contributed by atoms with Gasteiger partial charge in [-0.1, -0.05) is 12.1 Å². The molecule has 0 atom stereocenters. The number of fused-ring (bicyclic) bond motifs is 2. The van der Waals surface area contributed by atoms with Crippen LogP contribution in [0.3, 0.4) is 0 Å². The van der Waals surface area contributed by atoms with E-state index in [0.29, 0.717) is 12.2 Å². The molecule has 166 valence electrons. The lowest BCUT2D eigenvalue weighted by molar-refractivity contribution is -0.137. The zero-order valence-electron chi connectivity index (χ0n) is 17.1. The predicted molar refractivity (Wildman–Crippen MR) is 121 cm³/mol. The number of benzene rings is 2. The van der Waals surface area contributed by atoms with Crippen molar-refractivity contribution in [2.24, 2.45) is 0 Å². The molecule has 0 radical (unpaired) electrons. The van der Waals surface area contributed by atoms with E-state index in [4.69, 9.17) is 0 Å². The number of hydrogen-bond acceptors (Lipinski definition) is 2. The maximum Gasteiger partial charge on any atom is 0.416 e. The number of H-pyrrole nitrogens is 1. The Hall–Kier alpha value is -4.27. The molecule has 5 aromatic rings. The summed E-state index contributed by atoms with van der Waals surface area (Å²) in [5, 5.41) is 7.05. The number of nitrogens with zero attached hydrogens (tertiary/aromatic N) is 2. The normalized spacial score (nSPS) is 11.7. The number of carbonyl (C=O) groups excluding carboxylic acids is 1. The fourth-order valence-electron chi connectivity index (χ4n) is 3.86. The molecule has 0 saturated heterocycles. The molecule has 0 aliphatic rings. The Kier molecular flexibility index (Phi) is 5.01. The molecule has 3 aromatic heterocycles. The number of hydrogen-bond donors (Lipinski definition) is 3. The number of carbonyl (C=O) groups is 1. The van der Waals surface area contributed by atoms with Crippen LogP contribution in [0.5, 0.6) is 0 Å². The van der Waals surface area contributed by atoms with Crippen molar-refractivity contribution in [2.75, 3.05) is 10.6 Å². The SMILES string of the molecule is O=C(Nc1cccc(C(F)(F)F)c1)Nc1cccc2c1ccn2Cc1c[nH]c2ncccc12. The van der Waals surface area contributed by atoms with Crippen molar-refractivity contribution in [3.63, 3.8) is 0 Å². The van der Waals surface area contributed by atoms with Crippen LogP contribution in [0.4, 0.5) is 29.3 Å². The molecule has 0 spiro atoms. The summed E-state index contributed by atoms with van der Waals surface area (Å²) in [6.07, 6.45) is 1.10. The smallest absolute Gasteiger partial charge is 0.346 e. The quantitative estimate of drug-likeness (QED) is 0.304. The molecule has 0 unspecified atom stereocenters. The Morgan fingerprint density at radius 2 is 1.85 bits per heavy atom. The molecule has 9 heteroatoms. The van der Waals surface area contributed by atoms with Crippen molar-refractivity contribution < 1.29 is 18.0 Å². The van der Waals surface area contributed by atoms with Gasteiger partial charge in [0.1, 0.15) is 5.65 Å². The average Bonchev–Trinajstić information content (AvgIpc) is 3.39. The summed E-state index contributed by atoms with van der Waals surface area (Å²) < 4.78 is 40.8. The number of alkyl halides is 3. The summed E-state index contributed by atoms with van der Waals surface area (Å²) in [6, 6.07) is 15.2. The first-order valence-electron chi connectivity index (χ1n) is 10.1. The minimum absolute atomic E-state index is 0.0556. The van der Waals surface area contributed by atoms with E-state index < -0.39 is 17.8 Å². The Morgan fingerprint density at radius 3 is 2.70 bits per heavy atom. The van der Waals surface area contributed by atoms with Crippen molar-refractivity contribution in [1.82, 2.24) is 14.5 Å². The van der Waals surface area contributed by atoms with Crippen molar-refractivity contribution in [3.05, 3.63) is 90.4 Å². The third kappa shape index (κ3) is 4.12. The van der Waals surface area contributed by atoms with E-state index in [-0.39, 0.29) is 5.69 Å². The Labute approximate surface area is 186 Å². The number of urea groups is 1. The third-order valence-electron chi connectivity index (χ3n) is 5.39. The van der Waals surface area contributed by atoms with Crippen LogP contribution < -0.4 is 10.6 Å². The van der Waals surface area contributed by atoms with Crippen LogP contribution in [0.25, 0.3) is 21.9 Å². The van der Waals surface area contributed by atoms with Gasteiger partial charge < -0.3 is 20.2 Å². The topological polar surface area (TPSA) is 74.7 Å². The van der Waals surface area contributed by atoms with Crippen LogP contribution in [0.15, 0.2) is 79.3 Å². The molecule has 6 nitrogen and oxygen atoms in total. The number of rotatable bonds is 4. The monoisotopic (exact) mass is 449 g/mol. The Balaban J connectivity index is 1.36. The maximum absolute atomic E-state index is 12.9. The third-order valence-corrected chi connectivity index (χ3v) is 5.39. The van der Waals surface area contributed by atoms with Crippen LogP contribution in [-0.2, 0) is 12.7 Å². The molecule has 0 aliphatic heterocycles. The van der Waals surface area contributed by atoms with E-state index in [0.717, 1.165) is 39.6 Å². The van der Waals surface area contributed by atoms with Crippen LogP contribution in [0, 0.1) is 0 Å². The summed E-state index contributed by atoms with van der Waals surface area (Å²) in [5.74, 6) is 0. The second-order valence-corrected chi connectivity index (χ2v) is 7.55. The molecular formula is C24H18F3N5O. The van der Waals surface area contributed by atoms with E-state index >= 15 is 0 Å². The largest absolute Gasteiger partial charge is 0.416 e. The number of anilines is 2. The van der Waals surface area contributed by atoms with E-state index in [1.807, 2.05) is 42.7 Å². The van der Waals surface area contributed by atoms with Gasteiger partial charge in [0.05, 0.1) is 16.8 Å². The fourth-order valence-corrected chi connectivity index (χ4v) is 3.86. The second kappa shape index (κ2) is 8.01. The predicted octanol–water partition coefficient (Wildman–Crippen LogP) is 6.23. The van der Waals surface area contributed by atoms with Gasteiger partial charge in [-0.3, -0.25) is 0 Å². The summed E-state index contributed by atoms with van der Waals surface area (Å²) in [4.78, 5) is 19.9. The Morgan fingerprint density at radius 1 is 1.00 bits per heavy atom. The zero-order valence-corrected chi connectivity index (χ0v) is 17.1. The summed E-state index contributed by atoms with van der Waals surface area (Å²) >= 11 is 0. The van der Waals surface area contributed by atoms with Crippen LogP contribution >= 0.6 is 0 Å². The van der Waals surface area contributed by atoms with Gasteiger partial charge in [0.2, 0.25) is 0 Å². The lowest BCUT2D eigenvalue weighted by atomic mass is 10.2. The van der Waals surface area contributed by atoms with Gasteiger partial charge in [-0.15, -0.1) is 0 Å². The number of amides is 2. The van der Waals surface area contributed by atoms with Gasteiger partial charge in [-0.25, -0.2) is 9.78 Å². The highest BCUT2D eigenvalue weighted by Gasteiger charge is 2.30. The van der Waals surface area contributed by atoms with Gasteiger partial charge in [-0.05, 0) is 54.1 Å². The molecule has 0 fully saturated rings. The van der Waals surface area contributed by atoms with Gasteiger partial charge in [0.25, 0.3) is 0 Å². The highest BCUT2D eigenvalue weighted by atomic mass is 19.4. The number of aromatic amines is 1. The van der Waals surface area contributed by atoms with E-state index in [1.54, 1.807) is 12.3 Å². The standard InChI is InChI=1S/C24H18F3N5O/c25-24(26,27)16-4-1-5-17(12-16)30-23(33)31-20-7-2-8-21-19(20)9-11-32(21)14-15-13-29-22-18(15)6-3-10-28-22/h1-13H,14H2,(H,28,29)(H2,30,31,33). The van der Waals surface area contributed by atoms with E-state index in [9.17, 15) is 18.0 Å². The average molecular weight is 449 g/mol. The van der Waals surface area contributed by atoms with E-state index in [2.05, 4.69) is 25.2 Å². The number of pyridine rings is 1.